The van der Waals surface area contributed by atoms with Gasteiger partial charge in [-0.3, -0.25) is 14.3 Å². The third kappa shape index (κ3) is 4.65. The zero-order chi connectivity index (χ0) is 22.2. The molecule has 1 aromatic carbocycles. The van der Waals surface area contributed by atoms with Crippen molar-refractivity contribution in [2.45, 2.75) is 46.0 Å². The minimum absolute atomic E-state index is 0.00893. The minimum Gasteiger partial charge on any atom is -0.311 e. The number of piperidine rings is 1. The van der Waals surface area contributed by atoms with Crippen molar-refractivity contribution >= 4 is 46.5 Å². The van der Waals surface area contributed by atoms with E-state index < -0.39 is 0 Å². The molecule has 1 N–H and O–H groups in total. The predicted molar refractivity (Wildman–Crippen MR) is 121 cm³/mol. The summed E-state index contributed by atoms with van der Waals surface area (Å²) in [6, 6.07) is 7.08. The lowest BCUT2D eigenvalue weighted by molar-refractivity contribution is -0.124. The van der Waals surface area contributed by atoms with Crippen LogP contribution in [0.4, 0.5) is 11.5 Å². The van der Waals surface area contributed by atoms with Crippen LogP contribution in [0.3, 0.4) is 0 Å². The van der Waals surface area contributed by atoms with E-state index in [1.165, 1.54) is 0 Å². The number of anilines is 2. The fraction of sp³-hybridized carbons (Fsp3) is 0.500. The molecule has 0 bridgehead atoms. The van der Waals surface area contributed by atoms with Crippen molar-refractivity contribution in [1.82, 2.24) is 9.78 Å². The maximum atomic E-state index is 13.0. The summed E-state index contributed by atoms with van der Waals surface area (Å²) in [5, 5.41) is 8.36. The second-order valence-electron chi connectivity index (χ2n) is 8.94. The quantitative estimate of drug-likeness (QED) is 0.708. The highest BCUT2D eigenvalue weighted by Crippen LogP contribution is 2.38. The molecule has 3 rings (SSSR count). The topological polar surface area (TPSA) is 67.2 Å². The molecule has 1 aliphatic rings. The van der Waals surface area contributed by atoms with Gasteiger partial charge in [-0.15, -0.1) is 0 Å². The molecule has 2 heterocycles. The molecule has 2 unspecified atom stereocenters. The van der Waals surface area contributed by atoms with E-state index in [4.69, 9.17) is 23.2 Å². The predicted octanol–water partition coefficient (Wildman–Crippen LogP) is 5.04. The van der Waals surface area contributed by atoms with Crippen LogP contribution >= 0.6 is 23.2 Å². The molecule has 0 spiro atoms. The van der Waals surface area contributed by atoms with Gasteiger partial charge in [0, 0.05) is 37.4 Å². The molecule has 162 valence electrons. The molecule has 1 saturated heterocycles. The number of aromatic nitrogens is 2. The number of carbonyl (C=O) groups is 2. The van der Waals surface area contributed by atoms with Crippen LogP contribution in [0.15, 0.2) is 24.3 Å². The average Bonchev–Trinajstić information content (AvgIpc) is 3.03. The Balaban J connectivity index is 1.75. The van der Waals surface area contributed by atoms with Crippen LogP contribution in [-0.4, -0.2) is 28.1 Å². The number of benzene rings is 1. The highest BCUT2D eigenvalue weighted by Gasteiger charge is 2.35. The summed E-state index contributed by atoms with van der Waals surface area (Å²) in [6.45, 7) is 8.53. The molecule has 0 aliphatic carbocycles. The number of amides is 2. The Kier molecular flexibility index (Phi) is 6.48. The summed E-state index contributed by atoms with van der Waals surface area (Å²) in [7, 11) is 1.82. The van der Waals surface area contributed by atoms with Gasteiger partial charge in [0.2, 0.25) is 11.8 Å². The number of halogens is 2. The third-order valence-electron chi connectivity index (χ3n) is 5.67. The number of hydrogen-bond acceptors (Lipinski definition) is 3. The first-order valence-electron chi connectivity index (χ1n) is 10.1. The van der Waals surface area contributed by atoms with E-state index in [9.17, 15) is 9.59 Å². The van der Waals surface area contributed by atoms with Crippen molar-refractivity contribution in [3.05, 3.63) is 40.0 Å². The summed E-state index contributed by atoms with van der Waals surface area (Å²) in [5.74, 6) is 0.230. The van der Waals surface area contributed by atoms with Crippen molar-refractivity contribution in [1.29, 1.82) is 0 Å². The third-order valence-corrected chi connectivity index (χ3v) is 6.28. The first-order chi connectivity index (χ1) is 14.0. The number of nitrogens with zero attached hydrogens (tertiary/aromatic N) is 3. The van der Waals surface area contributed by atoms with E-state index in [1.54, 1.807) is 27.8 Å². The van der Waals surface area contributed by atoms with Gasteiger partial charge in [0.05, 0.1) is 21.4 Å². The highest BCUT2D eigenvalue weighted by molar-refractivity contribution is 6.39. The maximum Gasteiger partial charge on any atom is 0.228 e. The van der Waals surface area contributed by atoms with Gasteiger partial charge in [0.1, 0.15) is 5.82 Å². The smallest absolute Gasteiger partial charge is 0.228 e. The molecule has 2 amide bonds. The van der Waals surface area contributed by atoms with Crippen molar-refractivity contribution in [2.75, 3.05) is 16.8 Å². The molecule has 0 saturated carbocycles. The van der Waals surface area contributed by atoms with Gasteiger partial charge in [-0.2, -0.15) is 5.10 Å². The van der Waals surface area contributed by atoms with Crippen molar-refractivity contribution in [2.24, 2.45) is 18.9 Å². The van der Waals surface area contributed by atoms with Crippen LogP contribution in [0, 0.1) is 11.8 Å². The molecule has 2 atom stereocenters. The number of para-hydroxylation sites is 1. The fourth-order valence-electron chi connectivity index (χ4n) is 3.65. The van der Waals surface area contributed by atoms with Crippen molar-refractivity contribution < 1.29 is 9.59 Å². The molecule has 0 radical (unpaired) electrons. The van der Waals surface area contributed by atoms with E-state index in [2.05, 4.69) is 31.2 Å². The average molecular weight is 451 g/mol. The Labute approximate surface area is 187 Å². The molecule has 1 fully saturated rings. The molecule has 1 aromatic heterocycles. The normalized spacial score (nSPS) is 18.4. The van der Waals surface area contributed by atoms with E-state index in [-0.39, 0.29) is 29.1 Å². The monoisotopic (exact) mass is 450 g/mol. The Morgan fingerprint density at radius 1 is 1.27 bits per heavy atom. The summed E-state index contributed by atoms with van der Waals surface area (Å²) in [5.41, 5.74) is 1.32. The van der Waals surface area contributed by atoms with Crippen LogP contribution in [0.1, 0.15) is 46.2 Å². The molecule has 6 nitrogen and oxygen atoms in total. The number of carbonyl (C=O) groups excluding carboxylic acids is 2. The lowest BCUT2D eigenvalue weighted by atomic mass is 9.85. The molecule has 8 heteroatoms. The van der Waals surface area contributed by atoms with Crippen LogP contribution in [0.5, 0.6) is 0 Å². The number of nitrogens with one attached hydrogen (secondary N) is 1. The van der Waals surface area contributed by atoms with E-state index in [1.807, 2.05) is 20.0 Å². The maximum absolute atomic E-state index is 13.0. The Hall–Kier alpha value is -2.05. The Morgan fingerprint density at radius 2 is 1.90 bits per heavy atom. The zero-order valence-corrected chi connectivity index (χ0v) is 19.5. The van der Waals surface area contributed by atoms with Gasteiger partial charge in [-0.25, -0.2) is 0 Å². The second-order valence-corrected chi connectivity index (χ2v) is 9.75. The highest BCUT2D eigenvalue weighted by atomic mass is 35.5. The van der Waals surface area contributed by atoms with Crippen molar-refractivity contribution in [3.8, 4) is 0 Å². The zero-order valence-electron chi connectivity index (χ0n) is 18.0. The lowest BCUT2D eigenvalue weighted by Crippen LogP contribution is -2.44. The number of rotatable bonds is 4. The van der Waals surface area contributed by atoms with Crippen molar-refractivity contribution in [3.63, 3.8) is 0 Å². The summed E-state index contributed by atoms with van der Waals surface area (Å²) in [6.07, 6.45) is 0.994. The van der Waals surface area contributed by atoms with Gasteiger partial charge in [-0.05, 0) is 24.5 Å². The summed E-state index contributed by atoms with van der Waals surface area (Å²) < 4.78 is 1.69. The van der Waals surface area contributed by atoms with Gasteiger partial charge < -0.3 is 10.2 Å². The molecule has 1 aliphatic heterocycles. The van der Waals surface area contributed by atoms with Gasteiger partial charge in [0.25, 0.3) is 0 Å². The first kappa shape index (κ1) is 22.6. The molecular formula is C22H28Cl2N4O2. The fourth-order valence-corrected chi connectivity index (χ4v) is 4.25. The largest absolute Gasteiger partial charge is 0.311 e. The van der Waals surface area contributed by atoms with Gasteiger partial charge >= 0.3 is 0 Å². The molecule has 30 heavy (non-hydrogen) atoms. The van der Waals surface area contributed by atoms with E-state index in [0.29, 0.717) is 40.9 Å². The Bertz CT molecular complexity index is 944. The number of hydrogen-bond donors (Lipinski definition) is 1. The minimum atomic E-state index is -0.296. The SMILES string of the molecule is CC(C(=O)Nc1cc(C(C)(C)C)nn1C)C1CCC(=O)N(c2c(Cl)cccc2Cl)C1. The van der Waals surface area contributed by atoms with Crippen LogP contribution in [0.2, 0.25) is 10.0 Å². The summed E-state index contributed by atoms with van der Waals surface area (Å²) >= 11 is 12.6. The second kappa shape index (κ2) is 8.60. The van der Waals surface area contributed by atoms with Crippen LogP contribution in [0.25, 0.3) is 0 Å². The first-order valence-corrected chi connectivity index (χ1v) is 10.8. The van der Waals surface area contributed by atoms with Crippen LogP contribution in [-0.2, 0) is 22.1 Å². The standard InChI is InChI=1S/C22H28Cl2N4O2/c1-13(21(30)25-18-11-17(22(2,3)4)26-27(18)5)14-9-10-19(29)28(12-14)20-15(23)7-6-8-16(20)24/h6-8,11,13-14H,9-10,12H2,1-5H3,(H,25,30). The van der Waals surface area contributed by atoms with E-state index in [0.717, 1.165) is 5.69 Å². The number of aryl methyl sites for hydroxylation is 1. The Morgan fingerprint density at radius 3 is 2.47 bits per heavy atom. The van der Waals surface area contributed by atoms with Gasteiger partial charge in [-0.1, -0.05) is 57.0 Å². The van der Waals surface area contributed by atoms with Crippen LogP contribution < -0.4 is 10.2 Å². The molecular weight excluding hydrogens is 423 g/mol. The summed E-state index contributed by atoms with van der Waals surface area (Å²) in [4.78, 5) is 27.2. The van der Waals surface area contributed by atoms with Gasteiger partial charge in [0.15, 0.2) is 0 Å². The van der Waals surface area contributed by atoms with E-state index >= 15 is 0 Å². The molecule has 2 aromatic rings. The lowest BCUT2D eigenvalue weighted by Gasteiger charge is -2.35.